The van der Waals surface area contributed by atoms with E-state index in [-0.39, 0.29) is 16.4 Å². The quantitative estimate of drug-likeness (QED) is 0.700. The van der Waals surface area contributed by atoms with E-state index < -0.39 is 0 Å². The van der Waals surface area contributed by atoms with E-state index in [4.69, 9.17) is 0 Å². The van der Waals surface area contributed by atoms with Gasteiger partial charge in [0.25, 0.3) is 5.24 Å². The molecule has 13 heavy (non-hydrogen) atoms. The van der Waals surface area contributed by atoms with Gasteiger partial charge in [-0.2, -0.15) is 0 Å². The number of nitrogens with one attached hydrogen (secondary N) is 1. The van der Waals surface area contributed by atoms with Crippen LogP contribution in [-0.2, 0) is 4.79 Å². The average molecular weight is 197 g/mol. The molecule has 0 aliphatic carbocycles. The molecule has 1 atom stereocenters. The van der Waals surface area contributed by atoms with E-state index in [0.717, 1.165) is 18.2 Å². The number of hydrogen-bond acceptors (Lipinski definition) is 3. The maximum absolute atomic E-state index is 11.1. The highest BCUT2D eigenvalue weighted by Crippen LogP contribution is 2.22. The van der Waals surface area contributed by atoms with Crippen molar-refractivity contribution in [2.45, 2.75) is 18.1 Å². The van der Waals surface area contributed by atoms with Crippen LogP contribution in [0.25, 0.3) is 0 Å². The van der Waals surface area contributed by atoms with Gasteiger partial charge in [-0.1, -0.05) is 36.6 Å². The molecule has 1 N–H and O–H groups in total. The highest BCUT2D eigenvalue weighted by molar-refractivity contribution is 8.15. The molecular weight excluding hydrogens is 186 g/mol. The number of imide groups is 1. The van der Waals surface area contributed by atoms with Crippen molar-refractivity contribution in [2.24, 2.45) is 0 Å². The van der Waals surface area contributed by atoms with E-state index in [1.165, 1.54) is 0 Å². The summed E-state index contributed by atoms with van der Waals surface area (Å²) >= 11 is 1.07. The van der Waals surface area contributed by atoms with Crippen molar-refractivity contribution in [3.05, 3.63) is 24.8 Å². The smallest absolute Gasteiger partial charge is 0.286 e. The van der Waals surface area contributed by atoms with Crippen LogP contribution in [0.15, 0.2) is 24.8 Å². The third-order valence-corrected chi connectivity index (χ3v) is 2.69. The fraction of sp³-hybridized carbons (Fsp3) is 0.333. The van der Waals surface area contributed by atoms with Gasteiger partial charge >= 0.3 is 0 Å². The third kappa shape index (κ3) is 3.06. The van der Waals surface area contributed by atoms with Crippen molar-refractivity contribution in [3.8, 4) is 0 Å². The maximum atomic E-state index is 11.1. The Balaban J connectivity index is 2.29. The van der Waals surface area contributed by atoms with E-state index in [0.29, 0.717) is 6.42 Å². The number of carbonyl (C=O) groups excluding carboxylic acids is 2. The first-order chi connectivity index (χ1) is 6.24. The molecule has 0 aromatic heterocycles. The second kappa shape index (κ2) is 4.87. The molecule has 0 saturated carbocycles. The summed E-state index contributed by atoms with van der Waals surface area (Å²) in [6.07, 6.45) is 6.95. The fourth-order valence-electron chi connectivity index (χ4n) is 1.02. The highest BCUT2D eigenvalue weighted by Gasteiger charge is 2.30. The van der Waals surface area contributed by atoms with Crippen molar-refractivity contribution in [1.82, 2.24) is 5.32 Å². The minimum Gasteiger partial charge on any atom is -0.286 e. The predicted octanol–water partition coefficient (Wildman–Crippen LogP) is 1.86. The molecule has 0 bridgehead atoms. The highest BCUT2D eigenvalue weighted by atomic mass is 32.2. The van der Waals surface area contributed by atoms with Gasteiger partial charge in [0.15, 0.2) is 0 Å². The number of rotatable bonds is 4. The van der Waals surface area contributed by atoms with Crippen molar-refractivity contribution >= 4 is 22.9 Å². The summed E-state index contributed by atoms with van der Waals surface area (Å²) in [6.45, 7) is 3.53. The van der Waals surface area contributed by atoms with Crippen LogP contribution in [0.5, 0.6) is 0 Å². The predicted molar refractivity (Wildman–Crippen MR) is 53.5 cm³/mol. The van der Waals surface area contributed by atoms with E-state index in [9.17, 15) is 9.59 Å². The molecule has 1 aliphatic rings. The summed E-state index contributed by atoms with van der Waals surface area (Å²) in [5.74, 6) is -0.165. The largest absolute Gasteiger partial charge is 0.286 e. The Morgan fingerprint density at radius 2 is 2.31 bits per heavy atom. The van der Waals surface area contributed by atoms with Gasteiger partial charge in [0, 0.05) is 0 Å². The number of carbonyl (C=O) groups is 2. The summed E-state index contributed by atoms with van der Waals surface area (Å²) in [7, 11) is 0. The van der Waals surface area contributed by atoms with Gasteiger partial charge in [-0.3, -0.25) is 14.9 Å². The third-order valence-electron chi connectivity index (χ3n) is 1.63. The number of thioether (sulfide) groups is 1. The van der Waals surface area contributed by atoms with Crippen LogP contribution < -0.4 is 5.32 Å². The molecule has 0 aromatic carbocycles. The van der Waals surface area contributed by atoms with Gasteiger partial charge in [0.1, 0.15) is 0 Å². The minimum atomic E-state index is -0.234. The molecule has 1 rings (SSSR count). The Hall–Kier alpha value is -1.03. The first-order valence-electron chi connectivity index (χ1n) is 4.03. The minimum absolute atomic E-state index is 0.165. The van der Waals surface area contributed by atoms with Gasteiger partial charge in [0.2, 0.25) is 5.91 Å². The molecule has 1 fully saturated rings. The van der Waals surface area contributed by atoms with Crippen LogP contribution >= 0.6 is 11.8 Å². The SMILES string of the molecule is C=C/C=C/CC[C@@H]1SC(=O)NC1=O. The van der Waals surface area contributed by atoms with Gasteiger partial charge in [-0.15, -0.1) is 0 Å². The molecule has 0 spiro atoms. The molecule has 2 amide bonds. The van der Waals surface area contributed by atoms with Crippen molar-refractivity contribution in [3.63, 3.8) is 0 Å². The summed E-state index contributed by atoms with van der Waals surface area (Å²) in [6, 6.07) is 0. The lowest BCUT2D eigenvalue weighted by molar-refractivity contribution is -0.119. The van der Waals surface area contributed by atoms with Crippen molar-refractivity contribution in [2.75, 3.05) is 0 Å². The van der Waals surface area contributed by atoms with Crippen molar-refractivity contribution < 1.29 is 9.59 Å². The Morgan fingerprint density at radius 3 is 2.85 bits per heavy atom. The first kappa shape index (κ1) is 10.1. The molecule has 4 heteroatoms. The number of amides is 2. The Kier molecular flexibility index (Phi) is 3.76. The fourth-order valence-corrected chi connectivity index (χ4v) is 1.86. The molecule has 0 unspecified atom stereocenters. The second-order valence-electron chi connectivity index (χ2n) is 2.62. The Bertz CT molecular complexity index is 260. The van der Waals surface area contributed by atoms with Gasteiger partial charge in [0.05, 0.1) is 5.25 Å². The normalized spacial score (nSPS) is 22.3. The van der Waals surface area contributed by atoms with Crippen LogP contribution in [-0.4, -0.2) is 16.4 Å². The Labute approximate surface area is 81.3 Å². The molecular formula is C9H11NO2S. The van der Waals surface area contributed by atoms with Gasteiger partial charge < -0.3 is 0 Å². The standard InChI is InChI=1S/C9H11NO2S/c1-2-3-4-5-6-7-8(11)10-9(12)13-7/h2-4,7H,1,5-6H2,(H,10,11,12)/b4-3+/t7-/m0/s1. The topological polar surface area (TPSA) is 46.2 Å². The molecule has 1 heterocycles. The van der Waals surface area contributed by atoms with E-state index in [2.05, 4.69) is 11.9 Å². The molecule has 0 aromatic rings. The molecule has 1 aliphatic heterocycles. The van der Waals surface area contributed by atoms with Crippen LogP contribution in [0.2, 0.25) is 0 Å². The maximum Gasteiger partial charge on any atom is 0.286 e. The van der Waals surface area contributed by atoms with E-state index >= 15 is 0 Å². The Morgan fingerprint density at radius 1 is 1.54 bits per heavy atom. The van der Waals surface area contributed by atoms with E-state index in [1.54, 1.807) is 6.08 Å². The molecule has 70 valence electrons. The lowest BCUT2D eigenvalue weighted by Gasteiger charge is -1.99. The first-order valence-corrected chi connectivity index (χ1v) is 4.91. The lowest BCUT2D eigenvalue weighted by atomic mass is 10.2. The molecule has 1 saturated heterocycles. The van der Waals surface area contributed by atoms with Crippen LogP contribution in [0.1, 0.15) is 12.8 Å². The lowest BCUT2D eigenvalue weighted by Crippen LogP contribution is -2.23. The zero-order valence-electron chi connectivity index (χ0n) is 7.16. The van der Waals surface area contributed by atoms with Crippen LogP contribution in [0, 0.1) is 0 Å². The number of allylic oxidation sites excluding steroid dienone is 3. The molecule has 3 nitrogen and oxygen atoms in total. The van der Waals surface area contributed by atoms with Crippen LogP contribution in [0.4, 0.5) is 4.79 Å². The number of hydrogen-bond donors (Lipinski definition) is 1. The van der Waals surface area contributed by atoms with Gasteiger partial charge in [-0.05, 0) is 12.8 Å². The average Bonchev–Trinajstić information content (AvgIpc) is 2.39. The van der Waals surface area contributed by atoms with Crippen LogP contribution in [0.3, 0.4) is 0 Å². The second-order valence-corrected chi connectivity index (χ2v) is 3.80. The zero-order chi connectivity index (χ0) is 9.68. The van der Waals surface area contributed by atoms with E-state index in [1.807, 2.05) is 12.2 Å². The summed E-state index contributed by atoms with van der Waals surface area (Å²) < 4.78 is 0. The summed E-state index contributed by atoms with van der Waals surface area (Å²) in [5, 5.41) is 1.81. The zero-order valence-corrected chi connectivity index (χ0v) is 7.97. The summed E-state index contributed by atoms with van der Waals surface area (Å²) in [4.78, 5) is 21.8. The summed E-state index contributed by atoms with van der Waals surface area (Å²) in [5.41, 5.74) is 0. The monoisotopic (exact) mass is 197 g/mol. The van der Waals surface area contributed by atoms with Gasteiger partial charge in [-0.25, -0.2) is 0 Å². The van der Waals surface area contributed by atoms with Crippen molar-refractivity contribution in [1.29, 1.82) is 0 Å². The molecule has 0 radical (unpaired) electrons.